The average molecular weight is 473 g/mol. The fourth-order valence-electron chi connectivity index (χ4n) is 4.46. The molecule has 0 aliphatic heterocycles. The summed E-state index contributed by atoms with van der Waals surface area (Å²) in [6, 6.07) is 26.2. The highest BCUT2D eigenvalue weighted by Gasteiger charge is 2.38. The van der Waals surface area contributed by atoms with E-state index in [0.717, 1.165) is 33.0 Å². The highest BCUT2D eigenvalue weighted by atomic mass is 32.2. The lowest BCUT2D eigenvalue weighted by Crippen LogP contribution is -2.30. The van der Waals surface area contributed by atoms with Gasteiger partial charge in [0.25, 0.3) is 5.22 Å². The molecule has 0 spiro atoms. The van der Waals surface area contributed by atoms with Crippen molar-refractivity contribution in [2.45, 2.75) is 28.3 Å². The van der Waals surface area contributed by atoms with Crippen molar-refractivity contribution in [2.75, 3.05) is 0 Å². The first-order chi connectivity index (χ1) is 16.0. The van der Waals surface area contributed by atoms with E-state index in [1.807, 2.05) is 61.5 Å². The van der Waals surface area contributed by atoms with E-state index in [9.17, 15) is 8.42 Å². The van der Waals surface area contributed by atoms with Crippen molar-refractivity contribution in [2.24, 2.45) is 0 Å². The largest absolute Gasteiger partial charge is 0.431 e. The number of aryl methyl sites for hydroxylation is 1. The van der Waals surface area contributed by atoms with Gasteiger partial charge >= 0.3 is 0 Å². The average Bonchev–Trinajstić information content (AvgIpc) is 3.35. The van der Waals surface area contributed by atoms with Crippen LogP contribution in [0.15, 0.2) is 99.5 Å². The van der Waals surface area contributed by atoms with Crippen LogP contribution in [0.1, 0.15) is 28.0 Å². The topological polar surface area (TPSA) is 72.2 Å². The number of para-hydroxylation sites is 2. The van der Waals surface area contributed by atoms with E-state index in [-0.39, 0.29) is 10.1 Å². The van der Waals surface area contributed by atoms with E-state index < -0.39 is 16.1 Å². The van der Waals surface area contributed by atoms with E-state index >= 15 is 0 Å². The number of rotatable bonds is 5. The van der Waals surface area contributed by atoms with Gasteiger partial charge < -0.3 is 4.42 Å². The van der Waals surface area contributed by atoms with E-state index in [1.165, 1.54) is 11.8 Å². The van der Waals surface area contributed by atoms with Crippen LogP contribution in [0.5, 0.6) is 0 Å². The fraction of sp³-hybridized carbons (Fsp3) is 0.115. The fourth-order valence-corrected chi connectivity index (χ4v) is 6.95. The third-order valence-corrected chi connectivity index (χ3v) is 8.64. The van der Waals surface area contributed by atoms with Crippen LogP contribution in [0.25, 0.3) is 21.9 Å². The summed E-state index contributed by atoms with van der Waals surface area (Å²) in [6.45, 7) is 1.94. The maximum atomic E-state index is 13.3. The molecule has 0 fully saturated rings. The minimum absolute atomic E-state index is 0.223. The Balaban J connectivity index is 1.44. The van der Waals surface area contributed by atoms with Gasteiger partial charge in [-0.05, 0) is 53.1 Å². The maximum Gasteiger partial charge on any atom is 0.257 e. The van der Waals surface area contributed by atoms with Crippen molar-refractivity contribution in [1.29, 1.82) is 0 Å². The summed E-state index contributed by atoms with van der Waals surface area (Å²) in [5, 5.41) is 2.47. The van der Waals surface area contributed by atoms with Gasteiger partial charge in [0.2, 0.25) is 10.0 Å². The number of fused-ring (bicyclic) bond motifs is 1. The molecule has 5 nitrogen and oxygen atoms in total. The molecule has 164 valence electrons. The second-order valence-corrected chi connectivity index (χ2v) is 11.0. The van der Waals surface area contributed by atoms with Gasteiger partial charge in [-0.3, -0.25) is 0 Å². The summed E-state index contributed by atoms with van der Waals surface area (Å²) >= 11 is 1.45. The molecule has 0 saturated heterocycles. The molecule has 4 aromatic carbocycles. The third-order valence-electron chi connectivity index (χ3n) is 6.03. The van der Waals surface area contributed by atoms with Crippen LogP contribution in [0.4, 0.5) is 0 Å². The van der Waals surface area contributed by atoms with E-state index in [4.69, 9.17) is 4.42 Å². The third kappa shape index (κ3) is 3.53. The number of aromatic nitrogens is 1. The van der Waals surface area contributed by atoms with Crippen LogP contribution in [-0.2, 0) is 10.0 Å². The normalized spacial score (nSPS) is 17.7. The Morgan fingerprint density at radius 2 is 1.61 bits per heavy atom. The zero-order valence-electron chi connectivity index (χ0n) is 17.7. The van der Waals surface area contributed by atoms with E-state index in [1.54, 1.807) is 12.1 Å². The van der Waals surface area contributed by atoms with Crippen molar-refractivity contribution in [1.82, 2.24) is 9.71 Å². The monoisotopic (exact) mass is 472 g/mol. The Kier molecular flexibility index (Phi) is 4.79. The maximum absolute atomic E-state index is 13.3. The van der Waals surface area contributed by atoms with Gasteiger partial charge in [-0.1, -0.05) is 78.0 Å². The SMILES string of the molecule is Cc1ccc(S(=O)(=O)N[C@@H]2c3cccc4cccc(c34)[C@H]2Sc2nc3ccccc3o2)cc1. The molecule has 33 heavy (non-hydrogen) atoms. The lowest BCUT2D eigenvalue weighted by molar-refractivity contribution is 0.485. The Labute approximate surface area is 195 Å². The smallest absolute Gasteiger partial charge is 0.257 e. The Hall–Kier alpha value is -3.13. The van der Waals surface area contributed by atoms with Gasteiger partial charge in [0.1, 0.15) is 5.52 Å². The molecule has 0 bridgehead atoms. The number of nitrogens with zero attached hydrogens (tertiary/aromatic N) is 1. The van der Waals surface area contributed by atoms with Gasteiger partial charge in [0.05, 0.1) is 16.2 Å². The van der Waals surface area contributed by atoms with Crippen molar-refractivity contribution in [3.8, 4) is 0 Å². The highest BCUT2D eigenvalue weighted by Crippen LogP contribution is 2.53. The van der Waals surface area contributed by atoms with Crippen molar-refractivity contribution in [3.05, 3.63) is 102 Å². The molecule has 1 heterocycles. The Morgan fingerprint density at radius 1 is 0.879 bits per heavy atom. The minimum atomic E-state index is -3.74. The predicted molar refractivity (Wildman–Crippen MR) is 131 cm³/mol. The predicted octanol–water partition coefficient (Wildman–Crippen LogP) is 6.16. The number of nitrogens with one attached hydrogen (secondary N) is 1. The first-order valence-electron chi connectivity index (χ1n) is 10.6. The molecular formula is C26H20N2O3S2. The summed E-state index contributed by atoms with van der Waals surface area (Å²) < 4.78 is 35.7. The Morgan fingerprint density at radius 3 is 2.36 bits per heavy atom. The number of hydrogen-bond donors (Lipinski definition) is 1. The van der Waals surface area contributed by atoms with Crippen molar-refractivity contribution < 1.29 is 12.8 Å². The lowest BCUT2D eigenvalue weighted by Gasteiger charge is -2.21. The number of hydrogen-bond acceptors (Lipinski definition) is 5. The zero-order chi connectivity index (χ0) is 22.6. The first kappa shape index (κ1) is 20.5. The molecule has 2 atom stereocenters. The summed E-state index contributed by atoms with van der Waals surface area (Å²) in [6.07, 6.45) is 0. The number of benzene rings is 4. The molecule has 0 saturated carbocycles. The van der Waals surface area contributed by atoms with Crippen LogP contribution in [-0.4, -0.2) is 13.4 Å². The molecule has 1 aromatic heterocycles. The van der Waals surface area contributed by atoms with Crippen LogP contribution in [0, 0.1) is 6.92 Å². The molecule has 0 unspecified atom stereocenters. The molecular weight excluding hydrogens is 452 g/mol. The Bertz CT molecular complexity index is 1570. The summed E-state index contributed by atoms with van der Waals surface area (Å²) in [7, 11) is -3.74. The standard InChI is InChI=1S/C26H20N2O3S2/c1-16-12-14-18(15-13-16)33(29,30)28-24-19-8-4-6-17-7-5-9-20(23(17)19)25(24)32-26-27-21-10-2-3-11-22(21)31-26/h2-15,24-25,28H,1H3/t24-,25-/m1/s1. The van der Waals surface area contributed by atoms with Crippen LogP contribution >= 0.6 is 11.8 Å². The number of sulfonamides is 1. The van der Waals surface area contributed by atoms with Crippen LogP contribution < -0.4 is 4.72 Å². The van der Waals surface area contributed by atoms with E-state index in [2.05, 4.69) is 27.9 Å². The van der Waals surface area contributed by atoms with Crippen LogP contribution in [0.2, 0.25) is 0 Å². The van der Waals surface area contributed by atoms with Crippen LogP contribution in [0.3, 0.4) is 0 Å². The van der Waals surface area contributed by atoms with Crippen molar-refractivity contribution >= 4 is 43.7 Å². The summed E-state index contributed by atoms with van der Waals surface area (Å²) in [4.78, 5) is 4.87. The lowest BCUT2D eigenvalue weighted by atomic mass is 10.1. The molecule has 1 N–H and O–H groups in total. The van der Waals surface area contributed by atoms with Gasteiger partial charge in [0, 0.05) is 0 Å². The minimum Gasteiger partial charge on any atom is -0.431 e. The molecule has 1 aliphatic carbocycles. The highest BCUT2D eigenvalue weighted by molar-refractivity contribution is 7.99. The van der Waals surface area contributed by atoms with Crippen molar-refractivity contribution in [3.63, 3.8) is 0 Å². The molecule has 1 aliphatic rings. The molecule has 5 aromatic rings. The summed E-state index contributed by atoms with van der Waals surface area (Å²) in [5.41, 5.74) is 4.55. The quantitative estimate of drug-likeness (QED) is 0.332. The molecule has 0 radical (unpaired) electrons. The van der Waals surface area contributed by atoms with Gasteiger partial charge in [-0.25, -0.2) is 18.1 Å². The molecule has 6 rings (SSSR count). The molecule has 0 amide bonds. The first-order valence-corrected chi connectivity index (χ1v) is 13.0. The van der Waals surface area contributed by atoms with Gasteiger partial charge in [-0.2, -0.15) is 0 Å². The number of thioether (sulfide) groups is 1. The second-order valence-electron chi connectivity index (χ2n) is 8.19. The van der Waals surface area contributed by atoms with Gasteiger partial charge in [-0.15, -0.1) is 0 Å². The van der Waals surface area contributed by atoms with E-state index in [0.29, 0.717) is 10.8 Å². The molecule has 7 heteroatoms. The zero-order valence-corrected chi connectivity index (χ0v) is 19.4. The second kappa shape index (κ2) is 7.73. The summed E-state index contributed by atoms with van der Waals surface area (Å²) in [5.74, 6) is 0. The van der Waals surface area contributed by atoms with Gasteiger partial charge in [0.15, 0.2) is 5.58 Å². The number of oxazole rings is 1.